The predicted molar refractivity (Wildman–Crippen MR) is 67.3 cm³/mol. The maximum Gasteiger partial charge on any atom is 0.0235 e. The van der Waals surface area contributed by atoms with Crippen LogP contribution in [0.2, 0.25) is 0 Å². The number of nitrogens with zero attached hydrogens (tertiary/aromatic N) is 1. The molecule has 15 heavy (non-hydrogen) atoms. The first kappa shape index (κ1) is 12.5. The van der Waals surface area contributed by atoms with E-state index < -0.39 is 0 Å². The lowest BCUT2D eigenvalue weighted by Gasteiger charge is -2.21. The fourth-order valence-corrected chi connectivity index (χ4v) is 1.83. The molecule has 0 N–H and O–H groups in total. The van der Waals surface area contributed by atoms with E-state index in [0.29, 0.717) is 0 Å². The molecule has 84 valence electrons. The van der Waals surface area contributed by atoms with Crippen LogP contribution in [0.5, 0.6) is 0 Å². The van der Waals surface area contributed by atoms with Crippen molar-refractivity contribution in [1.29, 1.82) is 0 Å². The molecule has 0 radical (unpaired) electrons. The van der Waals surface area contributed by atoms with E-state index in [0.717, 1.165) is 31.9 Å². The summed E-state index contributed by atoms with van der Waals surface area (Å²) in [5.41, 5.74) is 1.39. The molecule has 0 bridgehead atoms. The normalized spacial score (nSPS) is 10.9. The molecular formula is C13H20ClN. The van der Waals surface area contributed by atoms with E-state index in [1.807, 2.05) is 0 Å². The van der Waals surface area contributed by atoms with E-state index in [1.165, 1.54) is 12.0 Å². The number of rotatable bonds is 7. The third-order valence-electron chi connectivity index (χ3n) is 2.40. The molecule has 0 unspecified atom stereocenters. The summed E-state index contributed by atoms with van der Waals surface area (Å²) in [6.45, 7) is 5.53. The molecule has 0 amide bonds. The molecule has 0 saturated carbocycles. The maximum absolute atomic E-state index is 5.72. The summed E-state index contributed by atoms with van der Waals surface area (Å²) >= 11 is 5.72. The van der Waals surface area contributed by atoms with Crippen molar-refractivity contribution in [3.8, 4) is 0 Å². The highest BCUT2D eigenvalue weighted by atomic mass is 35.5. The summed E-state index contributed by atoms with van der Waals surface area (Å²) in [5.74, 6) is 0.759. The van der Waals surface area contributed by atoms with Crippen LogP contribution in [0, 0.1) is 0 Å². The minimum absolute atomic E-state index is 0.759. The van der Waals surface area contributed by atoms with E-state index in [1.54, 1.807) is 0 Å². The van der Waals surface area contributed by atoms with E-state index in [2.05, 4.69) is 42.2 Å². The largest absolute Gasteiger partial charge is 0.299 e. The van der Waals surface area contributed by atoms with Crippen LogP contribution >= 0.6 is 11.6 Å². The predicted octanol–water partition coefficient (Wildman–Crippen LogP) is 3.53. The summed E-state index contributed by atoms with van der Waals surface area (Å²) < 4.78 is 0. The summed E-state index contributed by atoms with van der Waals surface area (Å²) in [6, 6.07) is 10.6. The van der Waals surface area contributed by atoms with Crippen molar-refractivity contribution in [3.05, 3.63) is 35.9 Å². The minimum Gasteiger partial charge on any atom is -0.299 e. The van der Waals surface area contributed by atoms with Crippen molar-refractivity contribution >= 4 is 11.6 Å². The van der Waals surface area contributed by atoms with Crippen molar-refractivity contribution in [3.63, 3.8) is 0 Å². The molecule has 0 aliphatic rings. The van der Waals surface area contributed by atoms with Crippen molar-refractivity contribution in [2.24, 2.45) is 0 Å². The van der Waals surface area contributed by atoms with Gasteiger partial charge in [-0.2, -0.15) is 0 Å². The van der Waals surface area contributed by atoms with Crippen molar-refractivity contribution in [2.45, 2.75) is 26.3 Å². The molecule has 0 fully saturated rings. The summed E-state index contributed by atoms with van der Waals surface area (Å²) in [4.78, 5) is 2.47. The second-order valence-electron chi connectivity index (χ2n) is 3.80. The van der Waals surface area contributed by atoms with Crippen LogP contribution in [0.1, 0.15) is 25.3 Å². The topological polar surface area (TPSA) is 3.24 Å². The molecule has 0 heterocycles. The maximum atomic E-state index is 5.72. The smallest absolute Gasteiger partial charge is 0.0235 e. The molecular weight excluding hydrogens is 206 g/mol. The fraction of sp³-hybridized carbons (Fsp3) is 0.538. The molecule has 1 nitrogen and oxygen atoms in total. The average Bonchev–Trinajstić information content (AvgIpc) is 2.28. The standard InChI is InChI=1S/C13H20ClN/c1-2-10-15(11-6-9-14)12-13-7-4-3-5-8-13/h3-5,7-8H,2,6,9-12H2,1H3. The third kappa shape index (κ3) is 5.19. The quantitative estimate of drug-likeness (QED) is 0.642. The molecule has 1 rings (SSSR count). The Kier molecular flexibility index (Phi) is 6.45. The molecule has 0 aliphatic carbocycles. The zero-order chi connectivity index (χ0) is 10.9. The van der Waals surface area contributed by atoms with Gasteiger partial charge in [0.1, 0.15) is 0 Å². The molecule has 0 spiro atoms. The lowest BCUT2D eigenvalue weighted by Crippen LogP contribution is -2.25. The van der Waals surface area contributed by atoms with Gasteiger partial charge in [0.15, 0.2) is 0 Å². The SMILES string of the molecule is CCCN(CCCCl)Cc1ccccc1. The van der Waals surface area contributed by atoms with Gasteiger partial charge in [0.25, 0.3) is 0 Å². The third-order valence-corrected chi connectivity index (χ3v) is 2.66. The zero-order valence-corrected chi connectivity index (χ0v) is 10.2. The van der Waals surface area contributed by atoms with E-state index in [4.69, 9.17) is 11.6 Å². The summed E-state index contributed by atoms with van der Waals surface area (Å²) in [7, 11) is 0. The number of hydrogen-bond donors (Lipinski definition) is 0. The molecule has 0 saturated heterocycles. The second kappa shape index (κ2) is 7.72. The van der Waals surface area contributed by atoms with Crippen molar-refractivity contribution in [2.75, 3.05) is 19.0 Å². The first-order valence-corrected chi connectivity index (χ1v) is 6.22. The molecule has 0 aromatic heterocycles. The van der Waals surface area contributed by atoms with E-state index >= 15 is 0 Å². The molecule has 1 aromatic carbocycles. The summed E-state index contributed by atoms with van der Waals surface area (Å²) in [6.07, 6.45) is 2.28. The van der Waals surface area contributed by atoms with Gasteiger partial charge in [-0.1, -0.05) is 37.3 Å². The van der Waals surface area contributed by atoms with Gasteiger partial charge >= 0.3 is 0 Å². The zero-order valence-electron chi connectivity index (χ0n) is 9.45. The van der Waals surface area contributed by atoms with Crippen LogP contribution in [0.3, 0.4) is 0 Å². The Morgan fingerprint density at radius 1 is 1.13 bits per heavy atom. The van der Waals surface area contributed by atoms with Gasteiger partial charge in [0.05, 0.1) is 0 Å². The number of benzene rings is 1. The van der Waals surface area contributed by atoms with Crippen LogP contribution in [-0.4, -0.2) is 23.9 Å². The van der Waals surface area contributed by atoms with Gasteiger partial charge in [-0.3, -0.25) is 4.90 Å². The molecule has 0 atom stereocenters. The fourth-order valence-electron chi connectivity index (χ4n) is 1.71. The minimum atomic E-state index is 0.759. The van der Waals surface area contributed by atoms with Gasteiger partial charge in [-0.15, -0.1) is 11.6 Å². The summed E-state index contributed by atoms with van der Waals surface area (Å²) in [5, 5.41) is 0. The van der Waals surface area contributed by atoms with Crippen LogP contribution in [0.4, 0.5) is 0 Å². The Hall–Kier alpha value is -0.530. The average molecular weight is 226 g/mol. The van der Waals surface area contributed by atoms with Crippen molar-refractivity contribution < 1.29 is 0 Å². The van der Waals surface area contributed by atoms with Gasteiger partial charge in [-0.05, 0) is 31.5 Å². The Balaban J connectivity index is 2.43. The first-order chi connectivity index (χ1) is 7.36. The molecule has 2 heteroatoms. The van der Waals surface area contributed by atoms with Gasteiger partial charge in [0, 0.05) is 12.4 Å². The lowest BCUT2D eigenvalue weighted by atomic mass is 10.2. The highest BCUT2D eigenvalue weighted by Crippen LogP contribution is 2.05. The van der Waals surface area contributed by atoms with E-state index in [-0.39, 0.29) is 0 Å². The van der Waals surface area contributed by atoms with E-state index in [9.17, 15) is 0 Å². The molecule has 0 aliphatic heterocycles. The highest BCUT2D eigenvalue weighted by Gasteiger charge is 2.03. The molecule has 1 aromatic rings. The van der Waals surface area contributed by atoms with Gasteiger partial charge < -0.3 is 0 Å². The van der Waals surface area contributed by atoms with Crippen LogP contribution in [0.15, 0.2) is 30.3 Å². The number of halogens is 1. The Morgan fingerprint density at radius 3 is 2.47 bits per heavy atom. The van der Waals surface area contributed by atoms with Gasteiger partial charge in [-0.25, -0.2) is 0 Å². The Bertz CT molecular complexity index is 248. The van der Waals surface area contributed by atoms with Crippen LogP contribution < -0.4 is 0 Å². The Labute approximate surface area is 98.0 Å². The van der Waals surface area contributed by atoms with Crippen LogP contribution in [-0.2, 0) is 6.54 Å². The number of hydrogen-bond acceptors (Lipinski definition) is 1. The Morgan fingerprint density at radius 2 is 1.87 bits per heavy atom. The monoisotopic (exact) mass is 225 g/mol. The first-order valence-electron chi connectivity index (χ1n) is 5.69. The highest BCUT2D eigenvalue weighted by molar-refractivity contribution is 6.17. The van der Waals surface area contributed by atoms with Crippen molar-refractivity contribution in [1.82, 2.24) is 4.90 Å². The van der Waals surface area contributed by atoms with Crippen LogP contribution in [0.25, 0.3) is 0 Å². The van der Waals surface area contributed by atoms with Gasteiger partial charge in [0.2, 0.25) is 0 Å². The second-order valence-corrected chi connectivity index (χ2v) is 4.18. The lowest BCUT2D eigenvalue weighted by molar-refractivity contribution is 0.267. The number of alkyl halides is 1.